The minimum atomic E-state index is -0.394. The summed E-state index contributed by atoms with van der Waals surface area (Å²) in [4.78, 5) is 14.2. The van der Waals surface area contributed by atoms with Gasteiger partial charge in [-0.1, -0.05) is 0 Å². The lowest BCUT2D eigenvalue weighted by atomic mass is 9.97. The second-order valence-corrected chi connectivity index (χ2v) is 5.80. The highest BCUT2D eigenvalue weighted by molar-refractivity contribution is 9.10. The van der Waals surface area contributed by atoms with Crippen LogP contribution in [0.5, 0.6) is 0 Å². The fourth-order valence-corrected chi connectivity index (χ4v) is 2.76. The molecule has 0 bridgehead atoms. The van der Waals surface area contributed by atoms with Crippen molar-refractivity contribution in [1.29, 1.82) is 0 Å². The van der Waals surface area contributed by atoms with Gasteiger partial charge < -0.3 is 10.2 Å². The average molecular weight is 329 g/mol. The number of amides is 1. The molecule has 1 aliphatic rings. The van der Waals surface area contributed by atoms with E-state index in [4.69, 9.17) is 0 Å². The number of hydrogen-bond acceptors (Lipinski definition) is 2. The minimum Gasteiger partial charge on any atom is -0.338 e. The quantitative estimate of drug-likeness (QED) is 0.925. The summed E-state index contributed by atoms with van der Waals surface area (Å²) >= 11 is 3.10. The van der Waals surface area contributed by atoms with Gasteiger partial charge in [-0.15, -0.1) is 0 Å². The van der Waals surface area contributed by atoms with Crippen molar-refractivity contribution in [2.75, 3.05) is 26.7 Å². The number of hydrogen-bond donors (Lipinski definition) is 1. The van der Waals surface area contributed by atoms with Gasteiger partial charge in [-0.3, -0.25) is 4.79 Å². The Balaban J connectivity index is 2.08. The van der Waals surface area contributed by atoms with Crippen molar-refractivity contribution in [3.05, 3.63) is 34.1 Å². The van der Waals surface area contributed by atoms with Crippen molar-refractivity contribution in [3.8, 4) is 0 Å². The van der Waals surface area contributed by atoms with E-state index in [9.17, 15) is 9.18 Å². The fraction of sp³-hybridized carbons (Fsp3) is 0.500. The van der Waals surface area contributed by atoms with Gasteiger partial charge in [0.1, 0.15) is 5.82 Å². The number of carbonyl (C=O) groups excluding carboxylic acids is 1. The molecule has 1 aliphatic heterocycles. The summed E-state index contributed by atoms with van der Waals surface area (Å²) in [6.07, 6.45) is 2.15. The van der Waals surface area contributed by atoms with Crippen LogP contribution in [-0.4, -0.2) is 37.5 Å². The number of benzene rings is 1. The van der Waals surface area contributed by atoms with E-state index in [-0.39, 0.29) is 5.91 Å². The van der Waals surface area contributed by atoms with Crippen LogP contribution in [0.15, 0.2) is 22.7 Å². The molecule has 0 aliphatic carbocycles. The minimum absolute atomic E-state index is 0.0767. The molecule has 104 valence electrons. The second-order valence-electron chi connectivity index (χ2n) is 4.95. The van der Waals surface area contributed by atoms with Gasteiger partial charge in [0.15, 0.2) is 0 Å². The van der Waals surface area contributed by atoms with Crippen LogP contribution in [0.3, 0.4) is 0 Å². The summed E-state index contributed by atoms with van der Waals surface area (Å²) in [7, 11) is 1.92. The standard InChI is InChI=1S/C14H18BrFN2O/c1-17-8-10-3-2-6-18(9-10)14(19)11-4-5-12(15)13(16)7-11/h4-5,7,10,17H,2-3,6,8-9H2,1H3/t10-/m1/s1. The van der Waals surface area contributed by atoms with Crippen LogP contribution in [-0.2, 0) is 0 Å². The SMILES string of the molecule is CNC[C@H]1CCCN(C(=O)c2ccc(Br)c(F)c2)C1. The van der Waals surface area contributed by atoms with Gasteiger partial charge in [0.2, 0.25) is 0 Å². The maximum atomic E-state index is 13.5. The Labute approximate surface area is 121 Å². The summed E-state index contributed by atoms with van der Waals surface area (Å²) < 4.78 is 13.9. The van der Waals surface area contributed by atoms with E-state index < -0.39 is 5.82 Å². The van der Waals surface area contributed by atoms with Gasteiger partial charge in [-0.25, -0.2) is 4.39 Å². The van der Waals surface area contributed by atoms with Gasteiger partial charge in [-0.05, 0) is 66.5 Å². The summed E-state index contributed by atoms with van der Waals surface area (Å²) in [5.41, 5.74) is 0.422. The molecule has 0 spiro atoms. The lowest BCUT2D eigenvalue weighted by Crippen LogP contribution is -2.42. The maximum Gasteiger partial charge on any atom is 0.253 e. The van der Waals surface area contributed by atoms with E-state index in [0.29, 0.717) is 16.0 Å². The van der Waals surface area contributed by atoms with E-state index >= 15 is 0 Å². The molecule has 0 saturated carbocycles. The number of piperidine rings is 1. The molecular weight excluding hydrogens is 311 g/mol. The molecule has 1 heterocycles. The maximum absolute atomic E-state index is 13.5. The molecular formula is C14H18BrFN2O. The van der Waals surface area contributed by atoms with E-state index in [0.717, 1.165) is 32.5 Å². The first-order valence-electron chi connectivity index (χ1n) is 6.50. The molecule has 2 rings (SSSR count). The zero-order valence-electron chi connectivity index (χ0n) is 11.0. The molecule has 0 unspecified atom stereocenters. The Morgan fingerprint density at radius 2 is 2.37 bits per heavy atom. The van der Waals surface area contributed by atoms with Crippen LogP contribution in [0.25, 0.3) is 0 Å². The highest BCUT2D eigenvalue weighted by Crippen LogP contribution is 2.21. The summed E-state index contributed by atoms with van der Waals surface area (Å²) in [5.74, 6) is 0.0184. The Kier molecular flexibility index (Phi) is 4.93. The summed E-state index contributed by atoms with van der Waals surface area (Å²) in [6.45, 7) is 2.42. The van der Waals surface area contributed by atoms with Gasteiger partial charge >= 0.3 is 0 Å². The van der Waals surface area contributed by atoms with Crippen LogP contribution in [0.2, 0.25) is 0 Å². The average Bonchev–Trinajstić information content (AvgIpc) is 2.42. The third kappa shape index (κ3) is 3.54. The van der Waals surface area contributed by atoms with Crippen molar-refractivity contribution in [2.45, 2.75) is 12.8 Å². The lowest BCUT2D eigenvalue weighted by molar-refractivity contribution is 0.0673. The zero-order chi connectivity index (χ0) is 13.8. The third-order valence-electron chi connectivity index (χ3n) is 3.47. The largest absolute Gasteiger partial charge is 0.338 e. The molecule has 1 amide bonds. The van der Waals surface area contributed by atoms with Crippen LogP contribution >= 0.6 is 15.9 Å². The van der Waals surface area contributed by atoms with E-state index in [1.54, 1.807) is 12.1 Å². The summed E-state index contributed by atoms with van der Waals surface area (Å²) in [6, 6.07) is 4.54. The van der Waals surface area contributed by atoms with Crippen molar-refractivity contribution >= 4 is 21.8 Å². The van der Waals surface area contributed by atoms with Gasteiger partial charge in [0, 0.05) is 18.7 Å². The molecule has 1 atom stereocenters. The molecule has 1 fully saturated rings. The first-order valence-corrected chi connectivity index (χ1v) is 7.30. The van der Waals surface area contributed by atoms with Gasteiger partial charge in [0.25, 0.3) is 5.91 Å². The topological polar surface area (TPSA) is 32.3 Å². The molecule has 1 N–H and O–H groups in total. The van der Waals surface area contributed by atoms with Crippen molar-refractivity contribution < 1.29 is 9.18 Å². The van der Waals surface area contributed by atoms with Gasteiger partial charge in [0.05, 0.1) is 4.47 Å². The first-order chi connectivity index (χ1) is 9.11. The predicted molar refractivity (Wildman–Crippen MR) is 76.7 cm³/mol. The Morgan fingerprint density at radius 1 is 1.58 bits per heavy atom. The molecule has 3 nitrogen and oxygen atoms in total. The van der Waals surface area contributed by atoms with E-state index in [1.165, 1.54) is 6.07 Å². The fourth-order valence-electron chi connectivity index (χ4n) is 2.52. The predicted octanol–water partition coefficient (Wildman–Crippen LogP) is 2.66. The Morgan fingerprint density at radius 3 is 3.05 bits per heavy atom. The molecule has 5 heteroatoms. The molecule has 1 aromatic carbocycles. The van der Waals surface area contributed by atoms with Crippen molar-refractivity contribution in [2.24, 2.45) is 5.92 Å². The van der Waals surface area contributed by atoms with Crippen molar-refractivity contribution in [1.82, 2.24) is 10.2 Å². The summed E-state index contributed by atoms with van der Waals surface area (Å²) in [5, 5.41) is 3.15. The van der Waals surface area contributed by atoms with Crippen LogP contribution in [0.4, 0.5) is 4.39 Å². The highest BCUT2D eigenvalue weighted by Gasteiger charge is 2.24. The lowest BCUT2D eigenvalue weighted by Gasteiger charge is -2.32. The first kappa shape index (κ1) is 14.5. The van der Waals surface area contributed by atoms with Crippen molar-refractivity contribution in [3.63, 3.8) is 0 Å². The number of halogens is 2. The normalized spacial score (nSPS) is 19.5. The van der Waals surface area contributed by atoms with Crippen LogP contribution < -0.4 is 5.32 Å². The number of likely N-dealkylation sites (tertiary alicyclic amines) is 1. The molecule has 0 aromatic heterocycles. The zero-order valence-corrected chi connectivity index (χ0v) is 12.5. The molecule has 1 aromatic rings. The van der Waals surface area contributed by atoms with E-state index in [2.05, 4.69) is 21.2 Å². The highest BCUT2D eigenvalue weighted by atomic mass is 79.9. The monoisotopic (exact) mass is 328 g/mol. The van der Waals surface area contributed by atoms with Crippen LogP contribution in [0.1, 0.15) is 23.2 Å². The number of rotatable bonds is 3. The smallest absolute Gasteiger partial charge is 0.253 e. The van der Waals surface area contributed by atoms with Gasteiger partial charge in [-0.2, -0.15) is 0 Å². The number of nitrogens with one attached hydrogen (secondary N) is 1. The third-order valence-corrected chi connectivity index (χ3v) is 4.11. The Hall–Kier alpha value is -0.940. The molecule has 19 heavy (non-hydrogen) atoms. The Bertz CT molecular complexity index is 465. The van der Waals surface area contributed by atoms with E-state index in [1.807, 2.05) is 11.9 Å². The number of nitrogens with zero attached hydrogens (tertiary/aromatic N) is 1. The number of carbonyl (C=O) groups is 1. The second kappa shape index (κ2) is 6.48. The molecule has 0 radical (unpaired) electrons. The van der Waals surface area contributed by atoms with Crippen LogP contribution in [0, 0.1) is 11.7 Å². The molecule has 1 saturated heterocycles.